The Hall–Kier alpha value is -3.30. The van der Waals surface area contributed by atoms with Crippen LogP contribution in [-0.4, -0.2) is 35.9 Å². The number of benzene rings is 3. The highest BCUT2D eigenvalue weighted by Crippen LogP contribution is 2.37. The normalized spacial score (nSPS) is 11.6. The first-order chi connectivity index (χ1) is 18.9. The number of methoxy groups -OCH3 is 1. The first-order valence-corrected chi connectivity index (χ1v) is 13.9. The lowest BCUT2D eigenvalue weighted by Gasteiger charge is -2.19. The molecule has 10 heteroatoms. The number of halogens is 3. The van der Waals surface area contributed by atoms with Gasteiger partial charge in [-0.05, 0) is 97.4 Å². The molecule has 0 saturated carbocycles. The van der Waals surface area contributed by atoms with Gasteiger partial charge in [-0.1, -0.05) is 17.7 Å². The Bertz CT molecular complexity index is 1590. The molecule has 0 bridgehead atoms. The Morgan fingerprint density at radius 1 is 1.12 bits per heavy atom. The summed E-state index contributed by atoms with van der Waals surface area (Å²) in [6.45, 7) is 8.03. The quantitative estimate of drug-likeness (QED) is 0.157. The maximum atomic E-state index is 13.8. The van der Waals surface area contributed by atoms with Crippen LogP contribution >= 0.6 is 27.5 Å². The van der Waals surface area contributed by atoms with Gasteiger partial charge in [0.25, 0.3) is 0 Å². The molecule has 0 radical (unpaired) electrons. The van der Waals surface area contributed by atoms with Crippen LogP contribution in [0.2, 0.25) is 5.02 Å². The van der Waals surface area contributed by atoms with Crippen LogP contribution in [0.5, 0.6) is 5.75 Å². The number of aromatic nitrogens is 1. The maximum absolute atomic E-state index is 13.8. The first-order valence-electron chi connectivity index (χ1n) is 12.8. The van der Waals surface area contributed by atoms with Crippen molar-refractivity contribution in [2.45, 2.75) is 52.8 Å². The van der Waals surface area contributed by atoms with E-state index in [0.29, 0.717) is 51.5 Å². The van der Waals surface area contributed by atoms with Gasteiger partial charge < -0.3 is 24.1 Å². The van der Waals surface area contributed by atoms with Crippen LogP contribution in [0.1, 0.15) is 48.8 Å². The minimum atomic E-state index is -0.677. The molecule has 0 fully saturated rings. The molecule has 1 amide bonds. The lowest BCUT2D eigenvalue weighted by Crippen LogP contribution is -2.32. The fraction of sp³-hybridized carbons (Fsp3) is 0.333. The number of rotatable bonds is 8. The van der Waals surface area contributed by atoms with Crippen molar-refractivity contribution in [1.29, 1.82) is 0 Å². The lowest BCUT2D eigenvalue weighted by molar-refractivity contribution is 0.0517. The third kappa shape index (κ3) is 6.53. The minimum absolute atomic E-state index is 0.0180. The van der Waals surface area contributed by atoms with Gasteiger partial charge in [0.15, 0.2) is 0 Å². The molecule has 0 aliphatic carbocycles. The van der Waals surface area contributed by atoms with Crippen LogP contribution in [0.15, 0.2) is 46.9 Å². The number of carbonyl (C=O) groups excluding carboxylic acids is 2. The van der Waals surface area contributed by atoms with E-state index in [9.17, 15) is 14.0 Å². The van der Waals surface area contributed by atoms with Crippen molar-refractivity contribution < 1.29 is 28.2 Å². The van der Waals surface area contributed by atoms with Gasteiger partial charge in [0.05, 0.1) is 24.3 Å². The number of aryl methyl sites for hydroxylation is 2. The Balaban J connectivity index is 1.63. The van der Waals surface area contributed by atoms with Gasteiger partial charge in [-0.25, -0.2) is 14.0 Å². The molecular weight excluding hydrogens is 603 g/mol. The molecular formula is C30H31BrClFN2O5. The molecule has 0 atom stereocenters. The monoisotopic (exact) mass is 632 g/mol. The van der Waals surface area contributed by atoms with Gasteiger partial charge in [-0.3, -0.25) is 0 Å². The molecule has 7 nitrogen and oxygen atoms in total. The van der Waals surface area contributed by atoms with Gasteiger partial charge >= 0.3 is 12.1 Å². The second-order valence-corrected chi connectivity index (χ2v) is 11.6. The topological polar surface area (TPSA) is 78.8 Å². The predicted octanol–water partition coefficient (Wildman–Crippen LogP) is 7.94. The third-order valence-electron chi connectivity index (χ3n) is 6.21. The predicted molar refractivity (Wildman–Crippen MR) is 158 cm³/mol. The number of hydrogen-bond donors (Lipinski definition) is 1. The smallest absolute Gasteiger partial charge is 0.407 e. The third-order valence-corrected chi connectivity index (χ3v) is 7.58. The molecule has 40 heavy (non-hydrogen) atoms. The minimum Gasteiger partial charge on any atom is -0.493 e. The van der Waals surface area contributed by atoms with Crippen LogP contribution in [-0.2, 0) is 22.6 Å². The van der Waals surface area contributed by atoms with E-state index in [1.807, 2.05) is 29.7 Å². The average molecular weight is 634 g/mol. The van der Waals surface area contributed by atoms with E-state index in [0.717, 1.165) is 21.9 Å². The lowest BCUT2D eigenvalue weighted by atomic mass is 10.1. The average Bonchev–Trinajstić information content (AvgIpc) is 3.19. The number of esters is 1. The second kappa shape index (κ2) is 12.1. The van der Waals surface area contributed by atoms with Crippen molar-refractivity contribution in [1.82, 2.24) is 9.88 Å². The van der Waals surface area contributed by atoms with E-state index in [-0.39, 0.29) is 12.4 Å². The number of nitrogens with one attached hydrogen (secondary N) is 1. The van der Waals surface area contributed by atoms with Crippen LogP contribution in [0, 0.1) is 12.7 Å². The van der Waals surface area contributed by atoms with Gasteiger partial charge in [0, 0.05) is 33.9 Å². The summed E-state index contributed by atoms with van der Waals surface area (Å²) in [5, 5.41) is 5.49. The highest BCUT2D eigenvalue weighted by atomic mass is 79.9. The number of alkyl carbamates (subject to hydrolysis) is 1. The summed E-state index contributed by atoms with van der Waals surface area (Å²) in [5.74, 6) is -0.188. The Morgan fingerprint density at radius 2 is 1.88 bits per heavy atom. The molecule has 0 aliphatic rings. The zero-order chi connectivity index (χ0) is 29.2. The molecule has 1 heterocycles. The van der Waals surface area contributed by atoms with Crippen LogP contribution in [0.3, 0.4) is 0 Å². The number of hydrogen-bond acceptors (Lipinski definition) is 5. The second-order valence-electron chi connectivity index (χ2n) is 10.4. The summed E-state index contributed by atoms with van der Waals surface area (Å²) in [6, 6.07) is 12.0. The molecule has 0 aliphatic heterocycles. The van der Waals surface area contributed by atoms with E-state index in [4.69, 9.17) is 25.8 Å². The SMILES string of the molecule is COC(=O)c1c(CNC(=O)OC(C)(C)C)c2c(Br)c(Cl)ccc2n1CCCOc1cc(C)cc2cc(F)ccc12. The zero-order valence-electron chi connectivity index (χ0n) is 23.0. The Morgan fingerprint density at radius 3 is 2.58 bits per heavy atom. The summed E-state index contributed by atoms with van der Waals surface area (Å²) >= 11 is 9.98. The number of amides is 1. The molecule has 1 N–H and O–H groups in total. The van der Waals surface area contributed by atoms with Crippen molar-refractivity contribution in [2.24, 2.45) is 0 Å². The summed E-state index contributed by atoms with van der Waals surface area (Å²) in [6.07, 6.45) is -0.0649. The molecule has 0 saturated heterocycles. The molecule has 0 unspecified atom stereocenters. The summed E-state index contributed by atoms with van der Waals surface area (Å²) in [5.41, 5.74) is 1.88. The van der Waals surface area contributed by atoms with Gasteiger partial charge in [0.1, 0.15) is 22.9 Å². The molecule has 1 aromatic heterocycles. The fourth-order valence-corrected chi connectivity index (χ4v) is 5.37. The van der Waals surface area contributed by atoms with Crippen LogP contribution in [0.4, 0.5) is 9.18 Å². The largest absolute Gasteiger partial charge is 0.493 e. The van der Waals surface area contributed by atoms with Crippen LogP contribution in [0.25, 0.3) is 21.7 Å². The maximum Gasteiger partial charge on any atom is 0.407 e. The van der Waals surface area contributed by atoms with E-state index in [1.54, 1.807) is 32.9 Å². The zero-order valence-corrected chi connectivity index (χ0v) is 25.3. The van der Waals surface area contributed by atoms with Gasteiger partial charge in [0.2, 0.25) is 0 Å². The number of fused-ring (bicyclic) bond motifs is 2. The summed E-state index contributed by atoms with van der Waals surface area (Å²) < 4.78 is 32.8. The Labute approximate surface area is 245 Å². The van der Waals surface area contributed by atoms with Crippen LogP contribution < -0.4 is 10.1 Å². The molecule has 212 valence electrons. The number of nitrogens with zero attached hydrogens (tertiary/aromatic N) is 1. The molecule has 4 rings (SSSR count). The van der Waals surface area contributed by atoms with E-state index < -0.39 is 17.7 Å². The van der Waals surface area contributed by atoms with E-state index in [2.05, 4.69) is 21.2 Å². The summed E-state index contributed by atoms with van der Waals surface area (Å²) in [4.78, 5) is 25.5. The van der Waals surface area contributed by atoms with E-state index >= 15 is 0 Å². The number of ether oxygens (including phenoxy) is 3. The van der Waals surface area contributed by atoms with Crippen molar-refractivity contribution in [3.05, 3.63) is 74.6 Å². The standard InChI is InChI=1S/C30H31BrClFN2O5/c1-17-13-18-15-19(33)7-8-20(18)24(14-17)39-12-6-11-35-23-10-9-22(32)26(31)25(23)21(27(35)28(36)38-5)16-34-29(37)40-30(2,3)4/h7-10,13-15H,6,11-12,16H2,1-5H3,(H,34,37). The van der Waals surface area contributed by atoms with Crippen molar-refractivity contribution in [2.75, 3.05) is 13.7 Å². The fourth-order valence-electron chi connectivity index (χ4n) is 4.64. The van der Waals surface area contributed by atoms with E-state index in [1.165, 1.54) is 19.2 Å². The Kier molecular flexibility index (Phi) is 8.95. The van der Waals surface area contributed by atoms with Crippen molar-refractivity contribution in [3.63, 3.8) is 0 Å². The number of carbonyl (C=O) groups is 2. The molecule has 0 spiro atoms. The molecule has 3 aromatic carbocycles. The van der Waals surface area contributed by atoms with Gasteiger partial charge in [-0.15, -0.1) is 0 Å². The molecule has 4 aromatic rings. The highest BCUT2D eigenvalue weighted by Gasteiger charge is 2.26. The highest BCUT2D eigenvalue weighted by molar-refractivity contribution is 9.10. The van der Waals surface area contributed by atoms with Crippen molar-refractivity contribution >= 4 is 61.3 Å². The first kappa shape index (κ1) is 29.7. The van der Waals surface area contributed by atoms with Gasteiger partial charge in [-0.2, -0.15) is 0 Å². The van der Waals surface area contributed by atoms with Crippen molar-refractivity contribution in [3.8, 4) is 5.75 Å². The summed E-state index contributed by atoms with van der Waals surface area (Å²) in [7, 11) is 1.31.